The monoisotopic (exact) mass is 233 g/mol. The molecule has 3 rings (SSSR count). The van der Waals surface area contributed by atoms with Gasteiger partial charge in [-0.1, -0.05) is 0 Å². The second-order valence-electron chi connectivity index (χ2n) is 4.38. The van der Waals surface area contributed by atoms with Crippen LogP contribution in [0.5, 0.6) is 5.75 Å². The van der Waals surface area contributed by atoms with Crippen LogP contribution in [-0.2, 0) is 11.2 Å². The molecular weight excluding hydrogens is 218 g/mol. The van der Waals surface area contributed by atoms with Crippen LogP contribution >= 0.6 is 0 Å². The summed E-state index contributed by atoms with van der Waals surface area (Å²) < 4.78 is 5.42. The van der Waals surface area contributed by atoms with Crippen LogP contribution in [0.25, 0.3) is 0 Å². The maximum absolute atomic E-state index is 11.5. The van der Waals surface area contributed by atoms with E-state index in [1.807, 2.05) is 0 Å². The molecular formula is C12H15N3O2. The number of nitrogens with one attached hydrogen (secondary N) is 2. The maximum atomic E-state index is 11.5. The highest BCUT2D eigenvalue weighted by Crippen LogP contribution is 2.27. The van der Waals surface area contributed by atoms with Crippen molar-refractivity contribution >= 4 is 5.91 Å². The minimum atomic E-state index is 0.0170. The van der Waals surface area contributed by atoms with Crippen LogP contribution in [0.3, 0.4) is 0 Å². The Labute approximate surface area is 99.6 Å². The summed E-state index contributed by atoms with van der Waals surface area (Å²) in [5.74, 6) is 0.963. The smallest absolute Gasteiger partial charge is 0.222 e. The van der Waals surface area contributed by atoms with E-state index in [2.05, 4.69) is 21.7 Å². The highest BCUT2D eigenvalue weighted by Gasteiger charge is 2.22. The summed E-state index contributed by atoms with van der Waals surface area (Å²) in [5, 5.41) is 6.18. The SMILES string of the molecule is O=C1CC(c2cc3c(cn2)OCC3)NCCN1. The number of fused-ring (bicyclic) bond motifs is 1. The zero-order valence-electron chi connectivity index (χ0n) is 9.53. The molecule has 1 amide bonds. The van der Waals surface area contributed by atoms with Crippen LogP contribution in [-0.4, -0.2) is 30.6 Å². The van der Waals surface area contributed by atoms with Crippen molar-refractivity contribution in [3.05, 3.63) is 23.5 Å². The molecule has 0 radical (unpaired) electrons. The third-order valence-corrected chi connectivity index (χ3v) is 3.18. The van der Waals surface area contributed by atoms with Crippen LogP contribution in [0.4, 0.5) is 0 Å². The van der Waals surface area contributed by atoms with Crippen molar-refractivity contribution in [3.63, 3.8) is 0 Å². The number of pyridine rings is 1. The summed E-state index contributed by atoms with van der Waals surface area (Å²) in [6.45, 7) is 2.20. The number of ether oxygens (including phenoxy) is 1. The second kappa shape index (κ2) is 4.33. The topological polar surface area (TPSA) is 63.2 Å². The van der Waals surface area contributed by atoms with E-state index in [-0.39, 0.29) is 11.9 Å². The molecule has 5 heteroatoms. The summed E-state index contributed by atoms with van der Waals surface area (Å²) in [7, 11) is 0. The molecule has 0 aromatic carbocycles. The molecule has 1 saturated heterocycles. The van der Waals surface area contributed by atoms with E-state index >= 15 is 0 Å². The molecule has 2 N–H and O–H groups in total. The molecule has 17 heavy (non-hydrogen) atoms. The first-order valence-corrected chi connectivity index (χ1v) is 5.94. The van der Waals surface area contributed by atoms with Crippen molar-refractivity contribution in [1.82, 2.24) is 15.6 Å². The first-order chi connectivity index (χ1) is 8.33. The van der Waals surface area contributed by atoms with Gasteiger partial charge in [0.25, 0.3) is 0 Å². The Bertz CT molecular complexity index is 447. The molecule has 1 atom stereocenters. The summed E-state index contributed by atoms with van der Waals surface area (Å²) in [6, 6.07) is 2.07. The second-order valence-corrected chi connectivity index (χ2v) is 4.38. The van der Waals surface area contributed by atoms with Gasteiger partial charge >= 0.3 is 0 Å². The number of hydrogen-bond acceptors (Lipinski definition) is 4. The molecule has 2 aliphatic rings. The third-order valence-electron chi connectivity index (χ3n) is 3.18. The zero-order valence-corrected chi connectivity index (χ0v) is 9.53. The van der Waals surface area contributed by atoms with E-state index in [4.69, 9.17) is 4.74 Å². The van der Waals surface area contributed by atoms with E-state index in [0.717, 1.165) is 31.0 Å². The van der Waals surface area contributed by atoms with Gasteiger partial charge in [-0.2, -0.15) is 0 Å². The number of aromatic nitrogens is 1. The molecule has 1 unspecified atom stereocenters. The van der Waals surface area contributed by atoms with Gasteiger partial charge < -0.3 is 15.4 Å². The third kappa shape index (κ3) is 2.10. The normalized spacial score (nSPS) is 23.5. The first kappa shape index (κ1) is 10.5. The Morgan fingerprint density at radius 2 is 2.35 bits per heavy atom. The quantitative estimate of drug-likeness (QED) is 0.725. The Morgan fingerprint density at radius 3 is 3.29 bits per heavy atom. The van der Waals surface area contributed by atoms with Crippen LogP contribution in [0.15, 0.2) is 12.3 Å². The van der Waals surface area contributed by atoms with Gasteiger partial charge in [0, 0.05) is 31.5 Å². The summed E-state index contributed by atoms with van der Waals surface area (Å²) in [6.07, 6.45) is 3.15. The van der Waals surface area contributed by atoms with Crippen LogP contribution in [0.2, 0.25) is 0 Å². The van der Waals surface area contributed by atoms with E-state index in [1.165, 1.54) is 5.56 Å². The molecule has 1 fully saturated rings. The molecule has 2 aliphatic heterocycles. The maximum Gasteiger partial charge on any atom is 0.222 e. The zero-order chi connectivity index (χ0) is 11.7. The lowest BCUT2D eigenvalue weighted by Gasteiger charge is -2.14. The van der Waals surface area contributed by atoms with E-state index in [9.17, 15) is 4.79 Å². The van der Waals surface area contributed by atoms with Gasteiger partial charge in [0.2, 0.25) is 5.91 Å². The van der Waals surface area contributed by atoms with Crippen LogP contribution in [0.1, 0.15) is 23.7 Å². The number of hydrogen-bond donors (Lipinski definition) is 2. The largest absolute Gasteiger partial charge is 0.491 e. The Morgan fingerprint density at radius 1 is 1.41 bits per heavy atom. The van der Waals surface area contributed by atoms with Gasteiger partial charge in [-0.15, -0.1) is 0 Å². The van der Waals surface area contributed by atoms with Crippen molar-refractivity contribution in [2.45, 2.75) is 18.9 Å². The van der Waals surface area contributed by atoms with E-state index in [0.29, 0.717) is 13.0 Å². The minimum Gasteiger partial charge on any atom is -0.491 e. The Balaban J connectivity index is 1.85. The molecule has 0 bridgehead atoms. The molecule has 0 spiro atoms. The van der Waals surface area contributed by atoms with Crippen molar-refractivity contribution in [2.24, 2.45) is 0 Å². The van der Waals surface area contributed by atoms with Crippen molar-refractivity contribution in [1.29, 1.82) is 0 Å². The highest BCUT2D eigenvalue weighted by molar-refractivity contribution is 5.77. The first-order valence-electron chi connectivity index (χ1n) is 5.94. The minimum absolute atomic E-state index is 0.0170. The number of amides is 1. The van der Waals surface area contributed by atoms with Gasteiger partial charge in [0.05, 0.1) is 24.5 Å². The fourth-order valence-corrected chi connectivity index (χ4v) is 2.28. The molecule has 90 valence electrons. The molecule has 0 aliphatic carbocycles. The van der Waals surface area contributed by atoms with Gasteiger partial charge in [-0.3, -0.25) is 9.78 Å². The van der Waals surface area contributed by atoms with Gasteiger partial charge in [0.1, 0.15) is 5.75 Å². The fourth-order valence-electron chi connectivity index (χ4n) is 2.28. The van der Waals surface area contributed by atoms with E-state index < -0.39 is 0 Å². The lowest BCUT2D eigenvalue weighted by molar-refractivity contribution is -0.121. The predicted molar refractivity (Wildman–Crippen MR) is 61.8 cm³/mol. The standard InChI is InChI=1S/C12H15N3O2/c16-12-6-10(13-2-3-14-12)9-5-8-1-4-17-11(8)7-15-9/h5,7,10,13H,1-4,6H2,(H,14,16). The van der Waals surface area contributed by atoms with Gasteiger partial charge in [0.15, 0.2) is 0 Å². The lowest BCUT2D eigenvalue weighted by atomic mass is 10.1. The molecule has 1 aromatic heterocycles. The number of rotatable bonds is 1. The Hall–Kier alpha value is -1.62. The van der Waals surface area contributed by atoms with Crippen LogP contribution in [0, 0.1) is 0 Å². The molecule has 1 aromatic rings. The molecule has 5 nitrogen and oxygen atoms in total. The van der Waals surface area contributed by atoms with Gasteiger partial charge in [-0.05, 0) is 6.07 Å². The van der Waals surface area contributed by atoms with Crippen LogP contribution < -0.4 is 15.4 Å². The summed E-state index contributed by atoms with van der Waals surface area (Å²) in [5.41, 5.74) is 2.13. The van der Waals surface area contributed by atoms with Crippen molar-refractivity contribution < 1.29 is 9.53 Å². The highest BCUT2D eigenvalue weighted by atomic mass is 16.5. The van der Waals surface area contributed by atoms with E-state index in [1.54, 1.807) is 6.20 Å². The summed E-state index contributed by atoms with van der Waals surface area (Å²) >= 11 is 0. The van der Waals surface area contributed by atoms with Gasteiger partial charge in [-0.25, -0.2) is 0 Å². The average molecular weight is 233 g/mol. The number of nitrogens with zero attached hydrogens (tertiary/aromatic N) is 1. The molecule has 0 saturated carbocycles. The average Bonchev–Trinajstić information content (AvgIpc) is 2.69. The Kier molecular flexibility index (Phi) is 2.68. The predicted octanol–water partition coefficient (Wildman–Crippen LogP) is 0.167. The summed E-state index contributed by atoms with van der Waals surface area (Å²) in [4.78, 5) is 15.9. The fraction of sp³-hybridized carbons (Fsp3) is 0.500. The molecule has 3 heterocycles. The van der Waals surface area contributed by atoms with Crippen molar-refractivity contribution in [3.8, 4) is 5.75 Å². The number of carbonyl (C=O) groups is 1. The number of carbonyl (C=O) groups excluding carboxylic acids is 1. The lowest BCUT2D eigenvalue weighted by Crippen LogP contribution is -2.24. The van der Waals surface area contributed by atoms with Crippen molar-refractivity contribution in [2.75, 3.05) is 19.7 Å².